The van der Waals surface area contributed by atoms with E-state index in [-0.39, 0.29) is 82.7 Å². The van der Waals surface area contributed by atoms with Gasteiger partial charge >= 0.3 is 12.1 Å². The van der Waals surface area contributed by atoms with Crippen LogP contribution < -0.4 is 19.1 Å². The maximum atomic E-state index is 17.4. The molecule has 4 saturated heterocycles. The van der Waals surface area contributed by atoms with Crippen molar-refractivity contribution in [2.45, 2.75) is 88.3 Å². The van der Waals surface area contributed by atoms with E-state index in [4.69, 9.17) is 28.7 Å². The van der Waals surface area contributed by atoms with Crippen LogP contribution in [0.15, 0.2) is 24.3 Å². The number of carbonyl (C=O) groups is 1. The fourth-order valence-corrected chi connectivity index (χ4v) is 9.32. The molecule has 292 valence electrons. The maximum Gasteiger partial charge on any atom is 0.410 e. The topological polar surface area (TPSA) is 112 Å². The number of anilines is 1. The zero-order valence-electron chi connectivity index (χ0n) is 31.0. The molecule has 0 N–H and O–H groups in total. The van der Waals surface area contributed by atoms with Gasteiger partial charge in [0.05, 0.1) is 23.7 Å². The van der Waals surface area contributed by atoms with E-state index in [1.807, 2.05) is 25.7 Å². The largest absolute Gasteiger partial charge is 0.475 e. The number of aromatic nitrogens is 3. The van der Waals surface area contributed by atoms with Crippen LogP contribution in [0.25, 0.3) is 32.9 Å². The van der Waals surface area contributed by atoms with Crippen molar-refractivity contribution in [1.29, 1.82) is 0 Å². The standard InChI is InChI=1S/C39H42F4N6O6/c1-38(2,3)55-37(50)49-22-7-9-26(49)27-17-52-35-29-33(45-36(46-34(29)48(27)16-22)53-18-39-10-5-11-47(39)15-21(40)14-39)31(43)32(44-35)24-13-23(54-19-51-4)12-20-6-8-25(41)30(42)28(20)24/h6,8,12-13,21-22,26-27H,5,7,9-11,14-19H2,1-4H3/t21-,22+,26-,27+,39+/m1/s1. The molecule has 5 aliphatic heterocycles. The first kappa shape index (κ1) is 36.0. The molecule has 2 aromatic heterocycles. The zero-order valence-corrected chi connectivity index (χ0v) is 31.0. The molecule has 9 rings (SSSR count). The summed E-state index contributed by atoms with van der Waals surface area (Å²) < 4.78 is 91.8. The second-order valence-corrected chi connectivity index (χ2v) is 16.2. The van der Waals surface area contributed by atoms with Gasteiger partial charge < -0.3 is 28.6 Å². The molecule has 12 nitrogen and oxygen atoms in total. The van der Waals surface area contributed by atoms with Crippen LogP contribution in [0.4, 0.5) is 28.2 Å². The second-order valence-electron chi connectivity index (χ2n) is 16.2. The molecule has 16 heteroatoms. The summed E-state index contributed by atoms with van der Waals surface area (Å²) in [6, 6.07) is 4.09. The van der Waals surface area contributed by atoms with Crippen LogP contribution in [0.2, 0.25) is 0 Å². The first-order chi connectivity index (χ1) is 26.3. The van der Waals surface area contributed by atoms with Gasteiger partial charge in [-0.05, 0) is 76.6 Å². The number of amides is 1. The van der Waals surface area contributed by atoms with Crippen molar-refractivity contribution in [2.75, 3.05) is 51.7 Å². The van der Waals surface area contributed by atoms with E-state index in [2.05, 4.69) is 14.9 Å². The molecule has 0 saturated carbocycles. The Labute approximate surface area is 314 Å². The number of pyridine rings is 1. The quantitative estimate of drug-likeness (QED) is 0.151. The third-order valence-electron chi connectivity index (χ3n) is 11.6. The van der Waals surface area contributed by atoms with E-state index < -0.39 is 46.9 Å². The average molecular weight is 767 g/mol. The van der Waals surface area contributed by atoms with Crippen LogP contribution in [0.1, 0.15) is 52.9 Å². The maximum absolute atomic E-state index is 17.4. The number of alkyl halides is 1. The molecule has 5 aliphatic rings. The molecule has 4 fully saturated rings. The van der Waals surface area contributed by atoms with Crippen molar-refractivity contribution < 1.29 is 46.0 Å². The average Bonchev–Trinajstić information content (AvgIpc) is 3.75. The molecule has 0 spiro atoms. The summed E-state index contributed by atoms with van der Waals surface area (Å²) in [5, 5.41) is 0.197. The summed E-state index contributed by atoms with van der Waals surface area (Å²) >= 11 is 0. The Kier molecular flexibility index (Phi) is 8.64. The Bertz CT molecular complexity index is 2210. The summed E-state index contributed by atoms with van der Waals surface area (Å²) in [5.41, 5.74) is -1.90. The third-order valence-corrected chi connectivity index (χ3v) is 11.6. The highest BCUT2D eigenvalue weighted by atomic mass is 19.2. The van der Waals surface area contributed by atoms with Gasteiger partial charge in [-0.1, -0.05) is 6.07 Å². The highest BCUT2D eigenvalue weighted by Crippen LogP contribution is 2.47. The summed E-state index contributed by atoms with van der Waals surface area (Å²) in [7, 11) is 1.43. The Morgan fingerprint density at radius 3 is 2.65 bits per heavy atom. The van der Waals surface area contributed by atoms with Gasteiger partial charge in [-0.2, -0.15) is 9.97 Å². The minimum atomic E-state index is -1.19. The number of fused-ring (bicyclic) bond motifs is 7. The van der Waals surface area contributed by atoms with Crippen molar-refractivity contribution in [2.24, 2.45) is 0 Å². The highest BCUT2D eigenvalue weighted by Gasteiger charge is 2.52. The van der Waals surface area contributed by atoms with E-state index in [1.54, 1.807) is 4.90 Å². The van der Waals surface area contributed by atoms with Crippen molar-refractivity contribution in [3.05, 3.63) is 41.7 Å². The molecule has 2 bridgehead atoms. The van der Waals surface area contributed by atoms with Gasteiger partial charge in [-0.25, -0.2) is 27.3 Å². The molecule has 0 radical (unpaired) electrons. The summed E-state index contributed by atoms with van der Waals surface area (Å²) in [4.78, 5) is 33.5. The van der Waals surface area contributed by atoms with Crippen LogP contribution in [0, 0.1) is 17.5 Å². The normalized spacial score (nSPS) is 25.9. The Hall–Kier alpha value is -4.70. The Morgan fingerprint density at radius 2 is 1.85 bits per heavy atom. The lowest BCUT2D eigenvalue weighted by Gasteiger charge is -2.46. The number of hydrogen-bond donors (Lipinski definition) is 0. The number of carbonyl (C=O) groups excluding carboxylic acids is 1. The first-order valence-electron chi connectivity index (χ1n) is 18.7. The first-order valence-corrected chi connectivity index (χ1v) is 18.7. The van der Waals surface area contributed by atoms with Gasteiger partial charge in [0.15, 0.2) is 24.2 Å². The Balaban J connectivity index is 1.20. The van der Waals surface area contributed by atoms with Crippen molar-refractivity contribution in [3.63, 3.8) is 0 Å². The van der Waals surface area contributed by atoms with Crippen molar-refractivity contribution in [1.82, 2.24) is 24.8 Å². The molecule has 4 aromatic rings. The fourth-order valence-electron chi connectivity index (χ4n) is 9.32. The number of methoxy groups -OCH3 is 1. The highest BCUT2D eigenvalue weighted by molar-refractivity contribution is 6.02. The van der Waals surface area contributed by atoms with E-state index in [9.17, 15) is 13.6 Å². The molecule has 1 amide bonds. The van der Waals surface area contributed by atoms with Gasteiger partial charge in [0, 0.05) is 37.6 Å². The number of benzene rings is 2. The Morgan fingerprint density at radius 1 is 1.02 bits per heavy atom. The number of piperazine rings is 1. The monoisotopic (exact) mass is 766 g/mol. The molecule has 0 aliphatic carbocycles. The summed E-state index contributed by atoms with van der Waals surface area (Å²) in [5.74, 6) is -2.76. The molecule has 7 heterocycles. The third kappa shape index (κ3) is 6.03. The van der Waals surface area contributed by atoms with Gasteiger partial charge in [0.2, 0.25) is 5.88 Å². The number of halogens is 4. The summed E-state index contributed by atoms with van der Waals surface area (Å²) in [6.45, 7) is 6.84. The van der Waals surface area contributed by atoms with Crippen LogP contribution in [-0.4, -0.2) is 113 Å². The SMILES string of the molecule is COCOc1cc(-c2nc3c4c(nc(OC[C@@]56CCCN5C[C@H](F)C6)nc4c2F)N2C[C@@H]4CC[C@H]([C@@H]2CO3)N4C(=O)OC(C)(C)C)c2c(F)c(F)ccc2c1. The fraction of sp³-hybridized carbons (Fsp3) is 0.538. The van der Waals surface area contributed by atoms with E-state index >= 15 is 8.78 Å². The zero-order chi connectivity index (χ0) is 38.4. The molecule has 2 aromatic carbocycles. The molecule has 55 heavy (non-hydrogen) atoms. The lowest BCUT2D eigenvalue weighted by atomic mass is 9.95. The minimum absolute atomic E-state index is 0.0214. The lowest BCUT2D eigenvalue weighted by molar-refractivity contribution is 0.00537. The second kappa shape index (κ2) is 13.2. The molecule has 0 unspecified atom stereocenters. The minimum Gasteiger partial charge on any atom is -0.475 e. The predicted molar refractivity (Wildman–Crippen MR) is 193 cm³/mol. The molecule has 5 atom stereocenters. The van der Waals surface area contributed by atoms with Gasteiger partial charge in [-0.15, -0.1) is 0 Å². The molecular weight excluding hydrogens is 724 g/mol. The van der Waals surface area contributed by atoms with Crippen molar-refractivity contribution in [3.8, 4) is 28.9 Å². The number of ether oxygens (including phenoxy) is 5. The van der Waals surface area contributed by atoms with Gasteiger partial charge in [0.1, 0.15) is 53.2 Å². The van der Waals surface area contributed by atoms with Crippen LogP contribution in [0.5, 0.6) is 17.6 Å². The number of rotatable bonds is 7. The van der Waals surface area contributed by atoms with Crippen LogP contribution in [0.3, 0.4) is 0 Å². The lowest BCUT2D eigenvalue weighted by Crippen LogP contribution is -2.63. The van der Waals surface area contributed by atoms with Crippen molar-refractivity contribution >= 4 is 33.6 Å². The van der Waals surface area contributed by atoms with Gasteiger partial charge in [-0.3, -0.25) is 9.80 Å². The molecular formula is C39H42F4N6O6. The van der Waals surface area contributed by atoms with E-state index in [0.29, 0.717) is 38.2 Å². The van der Waals surface area contributed by atoms with Gasteiger partial charge in [0.25, 0.3) is 0 Å². The van der Waals surface area contributed by atoms with Crippen LogP contribution in [-0.2, 0) is 9.47 Å². The van der Waals surface area contributed by atoms with E-state index in [1.165, 1.54) is 25.3 Å². The summed E-state index contributed by atoms with van der Waals surface area (Å²) in [6.07, 6.45) is 1.92. The van der Waals surface area contributed by atoms with Crippen LogP contribution >= 0.6 is 0 Å². The smallest absolute Gasteiger partial charge is 0.410 e. The van der Waals surface area contributed by atoms with E-state index in [0.717, 1.165) is 25.5 Å². The number of hydrogen-bond acceptors (Lipinski definition) is 11. The predicted octanol–water partition coefficient (Wildman–Crippen LogP) is 6.55. The number of nitrogens with zero attached hydrogens (tertiary/aromatic N) is 6.